The first-order valence-corrected chi connectivity index (χ1v) is 8.07. The molecule has 2 N–H and O–H groups in total. The molecule has 6 nitrogen and oxygen atoms in total. The van der Waals surface area contributed by atoms with Gasteiger partial charge in [-0.05, 0) is 44.9 Å². The number of hydrogen-bond donors (Lipinski definition) is 2. The Kier molecular flexibility index (Phi) is 6.01. The number of ether oxygens (including phenoxy) is 2. The van der Waals surface area contributed by atoms with E-state index in [-0.39, 0.29) is 24.6 Å². The molecule has 1 aliphatic heterocycles. The zero-order valence-electron chi connectivity index (χ0n) is 14.6. The van der Waals surface area contributed by atoms with Gasteiger partial charge in [-0.2, -0.15) is 0 Å². The molecular weight excluding hydrogens is 327 g/mol. The molecule has 1 aromatic carbocycles. The number of hydrogen-bond acceptors (Lipinski definition) is 4. The third kappa shape index (κ3) is 5.77. The molecule has 0 bridgehead atoms. The summed E-state index contributed by atoms with van der Waals surface area (Å²) < 4.78 is 23.6. The lowest BCUT2D eigenvalue weighted by Crippen LogP contribution is -2.34. The van der Waals surface area contributed by atoms with Crippen molar-refractivity contribution in [3.8, 4) is 5.75 Å². The van der Waals surface area contributed by atoms with Crippen LogP contribution >= 0.6 is 0 Å². The van der Waals surface area contributed by atoms with E-state index in [9.17, 15) is 14.0 Å². The quantitative estimate of drug-likeness (QED) is 0.856. The van der Waals surface area contributed by atoms with Crippen LogP contribution in [0.4, 0.5) is 9.18 Å². The molecule has 0 fully saturated rings. The van der Waals surface area contributed by atoms with E-state index in [1.807, 2.05) is 6.07 Å². The van der Waals surface area contributed by atoms with Gasteiger partial charge in [0.1, 0.15) is 18.0 Å². The molecule has 136 valence electrons. The van der Waals surface area contributed by atoms with Gasteiger partial charge in [0.2, 0.25) is 0 Å². The van der Waals surface area contributed by atoms with Crippen molar-refractivity contribution in [2.75, 3.05) is 19.7 Å². The van der Waals surface area contributed by atoms with Crippen molar-refractivity contribution in [2.24, 2.45) is 0 Å². The molecule has 0 saturated carbocycles. The third-order valence-electron chi connectivity index (χ3n) is 3.44. The van der Waals surface area contributed by atoms with E-state index < -0.39 is 11.7 Å². The van der Waals surface area contributed by atoms with E-state index in [1.54, 1.807) is 32.9 Å². The SMILES string of the molecule is CC(C)(C)OC(=O)NC/C(=C/F)COc1ccc2c(c1)C(=O)NCC2. The lowest BCUT2D eigenvalue weighted by molar-refractivity contribution is 0.0531. The summed E-state index contributed by atoms with van der Waals surface area (Å²) >= 11 is 0. The molecule has 2 rings (SSSR count). The predicted molar refractivity (Wildman–Crippen MR) is 91.4 cm³/mol. The number of fused-ring (bicyclic) bond motifs is 1. The van der Waals surface area contributed by atoms with E-state index in [0.29, 0.717) is 24.2 Å². The smallest absolute Gasteiger partial charge is 0.407 e. The molecule has 0 unspecified atom stereocenters. The van der Waals surface area contributed by atoms with Crippen LogP contribution < -0.4 is 15.4 Å². The summed E-state index contributed by atoms with van der Waals surface area (Å²) in [5.41, 5.74) is 1.16. The third-order valence-corrected chi connectivity index (χ3v) is 3.44. The first kappa shape index (κ1) is 18.8. The Morgan fingerprint density at radius 1 is 1.40 bits per heavy atom. The van der Waals surface area contributed by atoms with Gasteiger partial charge in [-0.1, -0.05) is 6.07 Å². The first-order valence-electron chi connectivity index (χ1n) is 8.07. The first-order chi connectivity index (χ1) is 11.8. The van der Waals surface area contributed by atoms with Gasteiger partial charge in [0.15, 0.2) is 0 Å². The molecule has 0 aromatic heterocycles. The number of alkyl carbamates (subject to hydrolysis) is 1. The van der Waals surface area contributed by atoms with Crippen LogP contribution in [0.15, 0.2) is 30.1 Å². The zero-order valence-corrected chi connectivity index (χ0v) is 14.6. The summed E-state index contributed by atoms with van der Waals surface area (Å²) in [5, 5.41) is 5.24. The van der Waals surface area contributed by atoms with Gasteiger partial charge in [-0.25, -0.2) is 9.18 Å². The summed E-state index contributed by atoms with van der Waals surface area (Å²) in [6.45, 7) is 5.77. The van der Waals surface area contributed by atoms with Gasteiger partial charge in [0.05, 0.1) is 6.33 Å². The average Bonchev–Trinajstić information content (AvgIpc) is 2.54. The Morgan fingerprint density at radius 3 is 2.84 bits per heavy atom. The van der Waals surface area contributed by atoms with Crippen LogP contribution in [-0.2, 0) is 11.2 Å². The maximum absolute atomic E-state index is 13.0. The van der Waals surface area contributed by atoms with Gasteiger partial charge in [-0.15, -0.1) is 0 Å². The standard InChI is InChI=1S/C18H23FN2O4/c1-18(2,3)25-17(23)21-10-12(9-19)11-24-14-5-4-13-6-7-20-16(22)15(13)8-14/h4-5,8-9H,6-7,10-11H2,1-3H3,(H,20,22)(H,21,23)/b12-9-. The monoisotopic (exact) mass is 350 g/mol. The average molecular weight is 350 g/mol. The Morgan fingerprint density at radius 2 is 2.16 bits per heavy atom. The highest BCUT2D eigenvalue weighted by Crippen LogP contribution is 2.21. The Bertz CT molecular complexity index is 680. The Balaban J connectivity index is 1.88. The van der Waals surface area contributed by atoms with Crippen molar-refractivity contribution >= 4 is 12.0 Å². The number of carbonyl (C=O) groups is 2. The molecular formula is C18H23FN2O4. The van der Waals surface area contributed by atoms with E-state index in [4.69, 9.17) is 9.47 Å². The molecule has 2 amide bonds. The highest BCUT2D eigenvalue weighted by Gasteiger charge is 2.18. The number of nitrogens with one attached hydrogen (secondary N) is 2. The summed E-state index contributed by atoms with van der Waals surface area (Å²) in [6, 6.07) is 5.22. The Hall–Kier alpha value is -2.57. The van der Waals surface area contributed by atoms with Crippen LogP contribution in [0.1, 0.15) is 36.7 Å². The fourth-order valence-corrected chi connectivity index (χ4v) is 2.28. The normalized spacial score (nSPS) is 14.4. The van der Waals surface area contributed by atoms with Crippen LogP contribution in [0.3, 0.4) is 0 Å². The van der Waals surface area contributed by atoms with Gasteiger partial charge >= 0.3 is 6.09 Å². The van der Waals surface area contributed by atoms with Crippen molar-refractivity contribution in [1.82, 2.24) is 10.6 Å². The van der Waals surface area contributed by atoms with E-state index >= 15 is 0 Å². The lowest BCUT2D eigenvalue weighted by Gasteiger charge is -2.20. The maximum Gasteiger partial charge on any atom is 0.407 e. The largest absolute Gasteiger partial charge is 0.489 e. The topological polar surface area (TPSA) is 76.7 Å². The summed E-state index contributed by atoms with van der Waals surface area (Å²) in [7, 11) is 0. The second-order valence-corrected chi connectivity index (χ2v) is 6.74. The van der Waals surface area contributed by atoms with Crippen LogP contribution in [0.5, 0.6) is 5.75 Å². The molecule has 0 radical (unpaired) electrons. The number of amides is 2. The highest BCUT2D eigenvalue weighted by molar-refractivity contribution is 5.97. The molecule has 1 aliphatic rings. The molecule has 0 spiro atoms. The van der Waals surface area contributed by atoms with Crippen molar-refractivity contribution in [1.29, 1.82) is 0 Å². The summed E-state index contributed by atoms with van der Waals surface area (Å²) in [6.07, 6.45) is 0.538. The van der Waals surface area contributed by atoms with Gasteiger partial charge < -0.3 is 20.1 Å². The van der Waals surface area contributed by atoms with Crippen molar-refractivity contribution in [3.05, 3.63) is 41.2 Å². The molecule has 1 heterocycles. The second-order valence-electron chi connectivity index (χ2n) is 6.74. The van der Waals surface area contributed by atoms with Crippen LogP contribution in [0.2, 0.25) is 0 Å². The van der Waals surface area contributed by atoms with E-state index in [0.717, 1.165) is 12.0 Å². The molecule has 0 atom stereocenters. The highest BCUT2D eigenvalue weighted by atomic mass is 19.1. The number of benzene rings is 1. The number of halogens is 1. The number of carbonyl (C=O) groups excluding carboxylic acids is 2. The van der Waals surface area contributed by atoms with E-state index in [2.05, 4.69) is 10.6 Å². The van der Waals surface area contributed by atoms with Crippen LogP contribution in [-0.4, -0.2) is 37.3 Å². The Labute approximate surface area is 146 Å². The fourth-order valence-electron chi connectivity index (χ4n) is 2.28. The maximum atomic E-state index is 13.0. The minimum absolute atomic E-state index is 0.0309. The van der Waals surface area contributed by atoms with Gasteiger partial charge in [0.25, 0.3) is 5.91 Å². The van der Waals surface area contributed by atoms with Crippen molar-refractivity contribution in [2.45, 2.75) is 32.8 Å². The zero-order chi connectivity index (χ0) is 18.4. The van der Waals surface area contributed by atoms with Crippen molar-refractivity contribution < 1.29 is 23.5 Å². The number of rotatable bonds is 5. The molecule has 0 saturated heterocycles. The minimum atomic E-state index is -0.627. The van der Waals surface area contributed by atoms with Gasteiger partial charge in [-0.3, -0.25) is 4.79 Å². The molecule has 0 aliphatic carbocycles. The molecule has 1 aromatic rings. The lowest BCUT2D eigenvalue weighted by atomic mass is 10.0. The summed E-state index contributed by atoms with van der Waals surface area (Å²) in [4.78, 5) is 23.4. The molecule has 25 heavy (non-hydrogen) atoms. The second kappa shape index (κ2) is 8.00. The van der Waals surface area contributed by atoms with E-state index in [1.165, 1.54) is 0 Å². The molecule has 7 heteroatoms. The summed E-state index contributed by atoms with van der Waals surface area (Å²) in [5.74, 6) is 0.326. The fraction of sp³-hybridized carbons (Fsp3) is 0.444. The van der Waals surface area contributed by atoms with Crippen molar-refractivity contribution in [3.63, 3.8) is 0 Å². The minimum Gasteiger partial charge on any atom is -0.489 e. The van der Waals surface area contributed by atoms with Crippen LogP contribution in [0.25, 0.3) is 0 Å². The van der Waals surface area contributed by atoms with Gasteiger partial charge in [0, 0.05) is 24.2 Å². The van der Waals surface area contributed by atoms with Crippen LogP contribution in [0, 0.1) is 0 Å². The predicted octanol–water partition coefficient (Wildman–Crippen LogP) is 2.73.